The van der Waals surface area contributed by atoms with Crippen LogP contribution in [0.5, 0.6) is 0 Å². The van der Waals surface area contributed by atoms with Crippen LogP contribution in [0.3, 0.4) is 0 Å². The van der Waals surface area contributed by atoms with E-state index in [-0.39, 0.29) is 6.04 Å². The highest BCUT2D eigenvalue weighted by atomic mass is 79.9. The number of hydrogen-bond donors (Lipinski definition) is 0. The fraction of sp³-hybridized carbons (Fsp3) is 0.150. The number of benzene rings is 2. The molecule has 1 aromatic heterocycles. The van der Waals surface area contributed by atoms with Gasteiger partial charge in [-0.25, -0.2) is 15.0 Å². The number of aromatic nitrogens is 2. The molecule has 4 rings (SSSR count). The first kappa shape index (κ1) is 16.0. The summed E-state index contributed by atoms with van der Waals surface area (Å²) in [7, 11) is 0. The molecule has 0 fully saturated rings. The Morgan fingerprint density at radius 2 is 1.64 bits per heavy atom. The highest BCUT2D eigenvalue weighted by molar-refractivity contribution is 9.10. The Bertz CT molecular complexity index is 889. The van der Waals surface area contributed by atoms with Crippen molar-refractivity contribution in [3.05, 3.63) is 88.2 Å². The van der Waals surface area contributed by atoms with Crippen LogP contribution >= 0.6 is 15.9 Å². The number of anilines is 1. The van der Waals surface area contributed by atoms with Gasteiger partial charge in [-0.2, -0.15) is 5.10 Å². The zero-order valence-corrected chi connectivity index (χ0v) is 15.4. The Morgan fingerprint density at radius 1 is 0.960 bits per heavy atom. The second kappa shape index (κ2) is 6.76. The van der Waals surface area contributed by atoms with Gasteiger partial charge in [0.2, 0.25) is 5.95 Å². The van der Waals surface area contributed by atoms with Crippen molar-refractivity contribution in [3.63, 3.8) is 0 Å². The molecule has 3 aromatic rings. The maximum Gasteiger partial charge on any atom is 0.246 e. The third-order valence-corrected chi connectivity index (χ3v) is 4.70. The minimum Gasteiger partial charge on any atom is -0.223 e. The fourth-order valence-corrected chi connectivity index (χ4v) is 3.18. The number of nitrogens with zero attached hydrogens (tertiary/aromatic N) is 4. The predicted molar refractivity (Wildman–Crippen MR) is 104 cm³/mol. The van der Waals surface area contributed by atoms with E-state index in [1.54, 1.807) is 12.4 Å². The van der Waals surface area contributed by atoms with Crippen LogP contribution in [0, 0.1) is 6.92 Å². The SMILES string of the molecule is Cc1ccc([C@H]2CC(c3ccccc3)=NN2c2ncc(Br)cn2)cc1. The second-order valence-corrected chi connectivity index (χ2v) is 7.00. The minimum absolute atomic E-state index is 0.0944. The van der Waals surface area contributed by atoms with Crippen LogP contribution in [0.4, 0.5) is 5.95 Å². The van der Waals surface area contributed by atoms with Gasteiger partial charge in [0.1, 0.15) is 0 Å². The van der Waals surface area contributed by atoms with Gasteiger partial charge in [-0.15, -0.1) is 0 Å². The molecule has 0 amide bonds. The summed E-state index contributed by atoms with van der Waals surface area (Å²) < 4.78 is 0.856. The average Bonchev–Trinajstić information content (AvgIpc) is 3.09. The first-order valence-corrected chi connectivity index (χ1v) is 8.96. The van der Waals surface area contributed by atoms with E-state index >= 15 is 0 Å². The number of aryl methyl sites for hydroxylation is 1. The number of halogens is 1. The van der Waals surface area contributed by atoms with Gasteiger partial charge >= 0.3 is 0 Å². The molecule has 0 aliphatic carbocycles. The molecule has 2 heterocycles. The third kappa shape index (κ3) is 3.33. The number of hydrogen-bond acceptors (Lipinski definition) is 4. The molecule has 0 saturated heterocycles. The fourth-order valence-electron chi connectivity index (χ4n) is 2.97. The molecular weight excluding hydrogens is 376 g/mol. The second-order valence-electron chi connectivity index (χ2n) is 6.09. The lowest BCUT2D eigenvalue weighted by Crippen LogP contribution is -2.20. The lowest BCUT2D eigenvalue weighted by molar-refractivity contribution is 0.686. The van der Waals surface area contributed by atoms with Crippen LogP contribution in [0.25, 0.3) is 0 Å². The van der Waals surface area contributed by atoms with E-state index in [1.807, 2.05) is 23.2 Å². The van der Waals surface area contributed by atoms with Crippen molar-refractivity contribution in [3.8, 4) is 0 Å². The number of hydrazone groups is 1. The molecule has 0 N–H and O–H groups in total. The van der Waals surface area contributed by atoms with Crippen molar-refractivity contribution in [1.82, 2.24) is 9.97 Å². The Kier molecular flexibility index (Phi) is 4.32. The van der Waals surface area contributed by atoms with Crippen molar-refractivity contribution in [2.45, 2.75) is 19.4 Å². The van der Waals surface area contributed by atoms with Crippen LogP contribution in [0.15, 0.2) is 76.6 Å². The van der Waals surface area contributed by atoms with Crippen molar-refractivity contribution < 1.29 is 0 Å². The smallest absolute Gasteiger partial charge is 0.223 e. The van der Waals surface area contributed by atoms with Crippen LogP contribution in [-0.4, -0.2) is 15.7 Å². The molecule has 4 nitrogen and oxygen atoms in total. The van der Waals surface area contributed by atoms with E-state index in [9.17, 15) is 0 Å². The van der Waals surface area contributed by atoms with Crippen LogP contribution in [0.2, 0.25) is 0 Å². The normalized spacial score (nSPS) is 16.8. The molecule has 0 bridgehead atoms. The van der Waals surface area contributed by atoms with E-state index in [0.29, 0.717) is 5.95 Å². The van der Waals surface area contributed by atoms with Crippen molar-refractivity contribution >= 4 is 27.6 Å². The summed E-state index contributed by atoms with van der Waals surface area (Å²) in [6.45, 7) is 2.10. The topological polar surface area (TPSA) is 41.4 Å². The Morgan fingerprint density at radius 3 is 2.32 bits per heavy atom. The Labute approximate surface area is 155 Å². The highest BCUT2D eigenvalue weighted by Crippen LogP contribution is 2.35. The molecule has 0 unspecified atom stereocenters. The number of rotatable bonds is 3. The molecule has 25 heavy (non-hydrogen) atoms. The quantitative estimate of drug-likeness (QED) is 0.636. The van der Waals surface area contributed by atoms with Crippen LogP contribution < -0.4 is 5.01 Å². The standard InChI is InChI=1S/C20H17BrN4/c1-14-7-9-16(10-8-14)19-11-18(15-5-3-2-4-6-15)24-25(19)20-22-12-17(21)13-23-20/h2-10,12-13,19H,11H2,1H3/t19-/m1/s1. The van der Waals surface area contributed by atoms with Crippen molar-refractivity contribution in [2.75, 3.05) is 5.01 Å². The van der Waals surface area contributed by atoms with Gasteiger partial charge in [0, 0.05) is 18.8 Å². The Hall–Kier alpha value is -2.53. The van der Waals surface area contributed by atoms with Crippen molar-refractivity contribution in [2.24, 2.45) is 5.10 Å². The molecule has 5 heteroatoms. The van der Waals surface area contributed by atoms with Gasteiger partial charge in [-0.3, -0.25) is 0 Å². The van der Waals surface area contributed by atoms with E-state index in [0.717, 1.165) is 22.2 Å². The molecule has 1 aliphatic heterocycles. The van der Waals surface area contributed by atoms with Gasteiger partial charge in [0.15, 0.2) is 0 Å². The maximum absolute atomic E-state index is 4.85. The van der Waals surface area contributed by atoms with Gasteiger partial charge in [-0.05, 0) is 34.0 Å². The van der Waals surface area contributed by atoms with E-state index in [1.165, 1.54) is 11.1 Å². The highest BCUT2D eigenvalue weighted by Gasteiger charge is 2.31. The van der Waals surface area contributed by atoms with E-state index in [4.69, 9.17) is 5.10 Å². The molecule has 0 spiro atoms. The summed E-state index contributed by atoms with van der Waals surface area (Å²) in [6, 6.07) is 19.0. The molecular formula is C20H17BrN4. The molecule has 1 aliphatic rings. The zero-order valence-electron chi connectivity index (χ0n) is 13.8. The molecule has 2 aromatic carbocycles. The van der Waals surface area contributed by atoms with Crippen LogP contribution in [0.1, 0.15) is 29.2 Å². The van der Waals surface area contributed by atoms with Gasteiger partial charge in [-0.1, -0.05) is 60.2 Å². The molecule has 0 radical (unpaired) electrons. The monoisotopic (exact) mass is 392 g/mol. The van der Waals surface area contributed by atoms with Gasteiger partial charge in [0.25, 0.3) is 0 Å². The van der Waals surface area contributed by atoms with Gasteiger partial charge < -0.3 is 0 Å². The summed E-state index contributed by atoms with van der Waals surface area (Å²) in [5.74, 6) is 0.611. The third-order valence-electron chi connectivity index (χ3n) is 4.29. The zero-order chi connectivity index (χ0) is 17.2. The summed E-state index contributed by atoms with van der Waals surface area (Å²) in [5, 5.41) is 6.78. The first-order valence-electron chi connectivity index (χ1n) is 8.17. The average molecular weight is 393 g/mol. The predicted octanol–water partition coefficient (Wildman–Crippen LogP) is 4.90. The summed E-state index contributed by atoms with van der Waals surface area (Å²) in [5.41, 5.74) is 4.65. The van der Waals surface area contributed by atoms with Crippen LogP contribution in [-0.2, 0) is 0 Å². The lowest BCUT2D eigenvalue weighted by Gasteiger charge is -2.21. The van der Waals surface area contributed by atoms with Crippen molar-refractivity contribution in [1.29, 1.82) is 0 Å². The summed E-state index contributed by atoms with van der Waals surface area (Å²) >= 11 is 3.39. The maximum atomic E-state index is 4.85. The van der Waals surface area contributed by atoms with E-state index in [2.05, 4.69) is 69.2 Å². The summed E-state index contributed by atoms with van der Waals surface area (Å²) in [4.78, 5) is 8.89. The lowest BCUT2D eigenvalue weighted by atomic mass is 9.98. The van der Waals surface area contributed by atoms with E-state index < -0.39 is 0 Å². The minimum atomic E-state index is 0.0944. The molecule has 1 atom stereocenters. The molecule has 0 saturated carbocycles. The summed E-state index contributed by atoms with van der Waals surface area (Å²) in [6.07, 6.45) is 4.33. The largest absolute Gasteiger partial charge is 0.246 e. The van der Waals surface area contributed by atoms with Gasteiger partial charge in [0.05, 0.1) is 16.2 Å². The Balaban J connectivity index is 1.74. The first-order chi connectivity index (χ1) is 12.2. The molecule has 124 valence electrons.